The average molecular weight is 169 g/mol. The van der Waals surface area contributed by atoms with Crippen LogP contribution < -0.4 is 5.32 Å². The van der Waals surface area contributed by atoms with Gasteiger partial charge in [0.25, 0.3) is 0 Å². The molecule has 12 heavy (non-hydrogen) atoms. The first-order chi connectivity index (χ1) is 5.75. The summed E-state index contributed by atoms with van der Waals surface area (Å²) in [5.41, 5.74) is 0.470. The van der Waals surface area contributed by atoms with Crippen molar-refractivity contribution in [2.75, 3.05) is 19.7 Å². The predicted molar refractivity (Wildman–Crippen MR) is 49.1 cm³/mol. The fourth-order valence-corrected chi connectivity index (χ4v) is 2.57. The smallest absolute Gasteiger partial charge is 0.0579 e. The van der Waals surface area contributed by atoms with Crippen LogP contribution in [0.1, 0.15) is 26.7 Å². The van der Waals surface area contributed by atoms with E-state index in [0.29, 0.717) is 11.5 Å². The van der Waals surface area contributed by atoms with Crippen molar-refractivity contribution in [3.63, 3.8) is 0 Å². The molecule has 0 aromatic rings. The van der Waals surface area contributed by atoms with Crippen LogP contribution in [0.15, 0.2) is 0 Å². The zero-order valence-corrected chi connectivity index (χ0v) is 8.10. The van der Waals surface area contributed by atoms with E-state index in [1.807, 2.05) is 0 Å². The highest BCUT2D eigenvalue weighted by Crippen LogP contribution is 2.42. The van der Waals surface area contributed by atoms with Gasteiger partial charge in [-0.15, -0.1) is 0 Å². The molecule has 3 unspecified atom stereocenters. The molecule has 2 saturated heterocycles. The first-order valence-electron chi connectivity index (χ1n) is 5.07. The van der Waals surface area contributed by atoms with E-state index in [4.69, 9.17) is 4.74 Å². The van der Waals surface area contributed by atoms with E-state index in [2.05, 4.69) is 19.2 Å². The minimum Gasteiger partial charge on any atom is -0.378 e. The highest BCUT2D eigenvalue weighted by molar-refractivity contribution is 4.95. The average Bonchev–Trinajstić information content (AvgIpc) is 2.37. The predicted octanol–water partition coefficient (Wildman–Crippen LogP) is 1.41. The summed E-state index contributed by atoms with van der Waals surface area (Å²) in [7, 11) is 0. The third-order valence-corrected chi connectivity index (χ3v) is 3.81. The first kappa shape index (κ1) is 8.52. The Morgan fingerprint density at radius 3 is 2.75 bits per heavy atom. The molecule has 0 bridgehead atoms. The van der Waals surface area contributed by atoms with Crippen molar-refractivity contribution < 1.29 is 4.74 Å². The molecule has 2 aliphatic heterocycles. The molecule has 2 heterocycles. The molecular formula is C10H19NO. The van der Waals surface area contributed by atoms with Crippen LogP contribution in [-0.4, -0.2) is 25.8 Å². The topological polar surface area (TPSA) is 21.3 Å². The van der Waals surface area contributed by atoms with Gasteiger partial charge in [0, 0.05) is 12.0 Å². The Morgan fingerprint density at radius 2 is 2.25 bits per heavy atom. The quantitative estimate of drug-likeness (QED) is 0.592. The fourth-order valence-electron chi connectivity index (χ4n) is 2.57. The summed E-state index contributed by atoms with van der Waals surface area (Å²) in [6, 6.07) is 0. The van der Waals surface area contributed by atoms with Gasteiger partial charge in [-0.1, -0.05) is 6.92 Å². The number of piperidine rings is 1. The van der Waals surface area contributed by atoms with Crippen LogP contribution in [0.25, 0.3) is 0 Å². The number of ether oxygens (including phenoxy) is 1. The van der Waals surface area contributed by atoms with Gasteiger partial charge in [-0.2, -0.15) is 0 Å². The van der Waals surface area contributed by atoms with Gasteiger partial charge >= 0.3 is 0 Å². The summed E-state index contributed by atoms with van der Waals surface area (Å²) in [5, 5.41) is 3.49. The molecule has 2 aliphatic rings. The van der Waals surface area contributed by atoms with Crippen LogP contribution in [0, 0.1) is 11.3 Å². The van der Waals surface area contributed by atoms with Gasteiger partial charge in [0.2, 0.25) is 0 Å². The molecule has 0 radical (unpaired) electrons. The number of nitrogens with one attached hydrogen (secondary N) is 1. The molecule has 0 aromatic carbocycles. The van der Waals surface area contributed by atoms with Crippen LogP contribution in [0.3, 0.4) is 0 Å². The van der Waals surface area contributed by atoms with E-state index in [1.165, 1.54) is 25.9 Å². The van der Waals surface area contributed by atoms with E-state index in [0.717, 1.165) is 12.5 Å². The Balaban J connectivity index is 2.09. The van der Waals surface area contributed by atoms with Gasteiger partial charge in [0.1, 0.15) is 0 Å². The molecule has 2 rings (SSSR count). The van der Waals surface area contributed by atoms with Crippen molar-refractivity contribution in [2.24, 2.45) is 11.3 Å². The molecule has 1 N–H and O–H groups in total. The zero-order chi connectivity index (χ0) is 8.60. The normalized spacial score (nSPS) is 48.5. The molecule has 2 heteroatoms. The number of hydrogen-bond donors (Lipinski definition) is 1. The van der Waals surface area contributed by atoms with E-state index in [1.54, 1.807) is 0 Å². The molecule has 0 amide bonds. The molecular weight excluding hydrogens is 150 g/mol. The highest BCUT2D eigenvalue weighted by Gasteiger charge is 2.45. The van der Waals surface area contributed by atoms with Gasteiger partial charge < -0.3 is 10.1 Å². The van der Waals surface area contributed by atoms with Crippen LogP contribution in [0.5, 0.6) is 0 Å². The highest BCUT2D eigenvalue weighted by atomic mass is 16.5. The van der Waals surface area contributed by atoms with Crippen LogP contribution in [0.2, 0.25) is 0 Å². The van der Waals surface area contributed by atoms with Gasteiger partial charge in [-0.3, -0.25) is 0 Å². The van der Waals surface area contributed by atoms with E-state index >= 15 is 0 Å². The second-order valence-electron chi connectivity index (χ2n) is 4.45. The maximum Gasteiger partial charge on any atom is 0.0579 e. The monoisotopic (exact) mass is 169 g/mol. The fraction of sp³-hybridized carbons (Fsp3) is 1.00. The summed E-state index contributed by atoms with van der Waals surface area (Å²) >= 11 is 0. The second-order valence-corrected chi connectivity index (χ2v) is 4.45. The minimum atomic E-state index is 0.463. The molecule has 1 spiro atoms. The summed E-state index contributed by atoms with van der Waals surface area (Å²) < 4.78 is 5.72. The third kappa shape index (κ3) is 1.17. The van der Waals surface area contributed by atoms with Gasteiger partial charge in [0.15, 0.2) is 0 Å². The SMILES string of the molecule is CC1OCC2(CCCNC2)C1C. The van der Waals surface area contributed by atoms with Crippen LogP contribution in [-0.2, 0) is 4.74 Å². The molecule has 0 aromatic heterocycles. The largest absolute Gasteiger partial charge is 0.378 e. The summed E-state index contributed by atoms with van der Waals surface area (Å²) in [4.78, 5) is 0. The molecule has 2 nitrogen and oxygen atoms in total. The van der Waals surface area contributed by atoms with Crippen molar-refractivity contribution in [2.45, 2.75) is 32.8 Å². The standard InChI is InChI=1S/C10H19NO/c1-8-9(2)12-7-10(8)4-3-5-11-6-10/h8-9,11H,3-7H2,1-2H3. The zero-order valence-electron chi connectivity index (χ0n) is 8.10. The lowest BCUT2D eigenvalue weighted by atomic mass is 9.72. The Bertz CT molecular complexity index is 158. The summed E-state index contributed by atoms with van der Waals surface area (Å²) in [6.07, 6.45) is 3.14. The van der Waals surface area contributed by atoms with Crippen LogP contribution in [0.4, 0.5) is 0 Å². The van der Waals surface area contributed by atoms with Crippen molar-refractivity contribution in [1.29, 1.82) is 0 Å². The van der Waals surface area contributed by atoms with Crippen molar-refractivity contribution >= 4 is 0 Å². The molecule has 2 fully saturated rings. The van der Waals surface area contributed by atoms with Gasteiger partial charge in [-0.25, -0.2) is 0 Å². The lowest BCUT2D eigenvalue weighted by molar-refractivity contribution is 0.0966. The Hall–Kier alpha value is -0.0800. The Kier molecular flexibility index (Phi) is 2.13. The van der Waals surface area contributed by atoms with E-state index in [-0.39, 0.29) is 0 Å². The summed E-state index contributed by atoms with van der Waals surface area (Å²) in [5.74, 6) is 0.727. The van der Waals surface area contributed by atoms with E-state index in [9.17, 15) is 0 Å². The van der Waals surface area contributed by atoms with E-state index < -0.39 is 0 Å². The molecule has 3 atom stereocenters. The van der Waals surface area contributed by atoms with Gasteiger partial charge in [0.05, 0.1) is 12.7 Å². The van der Waals surface area contributed by atoms with Crippen LogP contribution >= 0.6 is 0 Å². The maximum absolute atomic E-state index is 5.72. The molecule has 0 saturated carbocycles. The van der Waals surface area contributed by atoms with Crippen molar-refractivity contribution in [3.05, 3.63) is 0 Å². The van der Waals surface area contributed by atoms with Crippen molar-refractivity contribution in [1.82, 2.24) is 5.32 Å². The second kappa shape index (κ2) is 3.00. The number of rotatable bonds is 0. The summed E-state index contributed by atoms with van der Waals surface area (Å²) in [6.45, 7) is 7.88. The first-order valence-corrected chi connectivity index (χ1v) is 5.07. The third-order valence-electron chi connectivity index (χ3n) is 3.81. The lowest BCUT2D eigenvalue weighted by Crippen LogP contribution is -2.44. The minimum absolute atomic E-state index is 0.463. The Labute approximate surface area is 74.7 Å². The molecule has 0 aliphatic carbocycles. The lowest BCUT2D eigenvalue weighted by Gasteiger charge is -2.36. The Morgan fingerprint density at radius 1 is 1.42 bits per heavy atom. The van der Waals surface area contributed by atoms with Crippen molar-refractivity contribution in [3.8, 4) is 0 Å². The van der Waals surface area contributed by atoms with Gasteiger partial charge in [-0.05, 0) is 32.2 Å². The maximum atomic E-state index is 5.72. The number of hydrogen-bond acceptors (Lipinski definition) is 2. The molecule has 70 valence electrons.